The molecule has 0 spiro atoms. The van der Waals surface area contributed by atoms with E-state index in [0.29, 0.717) is 12.0 Å². The molecule has 0 aromatic heterocycles. The van der Waals surface area contributed by atoms with Crippen LogP contribution in [0.1, 0.15) is 51.0 Å². The normalized spacial score (nSPS) is 23.2. The molecule has 21 heavy (non-hydrogen) atoms. The highest BCUT2D eigenvalue weighted by atomic mass is 16.2. The number of carbonyl (C=O) groups is 1. The van der Waals surface area contributed by atoms with Crippen molar-refractivity contribution in [1.82, 2.24) is 5.32 Å². The Hall–Kier alpha value is -1.51. The van der Waals surface area contributed by atoms with E-state index in [9.17, 15) is 4.79 Å². The third-order valence-electron chi connectivity index (χ3n) is 5.07. The molecule has 0 radical (unpaired) electrons. The second kappa shape index (κ2) is 6.50. The highest BCUT2D eigenvalue weighted by Gasteiger charge is 2.30. The summed E-state index contributed by atoms with van der Waals surface area (Å²) in [6.45, 7) is 2.19. The lowest BCUT2D eigenvalue weighted by molar-refractivity contribution is -0.122. The summed E-state index contributed by atoms with van der Waals surface area (Å²) in [4.78, 5) is 12.6. The molecule has 1 unspecified atom stereocenters. The summed E-state index contributed by atoms with van der Waals surface area (Å²) < 4.78 is 0. The maximum absolute atomic E-state index is 12.6. The predicted molar refractivity (Wildman–Crippen MR) is 86.4 cm³/mol. The molecule has 1 aliphatic carbocycles. The van der Waals surface area contributed by atoms with Crippen LogP contribution >= 0.6 is 0 Å². The van der Waals surface area contributed by atoms with Crippen LogP contribution in [0.15, 0.2) is 24.3 Å². The minimum atomic E-state index is -0.0972. The molecule has 1 amide bonds. The topological polar surface area (TPSA) is 41.1 Å². The molecule has 3 rings (SSSR count). The van der Waals surface area contributed by atoms with Crippen LogP contribution in [-0.2, 0) is 11.2 Å². The number of hydrogen-bond acceptors (Lipinski definition) is 2. The van der Waals surface area contributed by atoms with Gasteiger partial charge in [-0.2, -0.15) is 0 Å². The number of rotatable bonds is 4. The second-order valence-electron chi connectivity index (χ2n) is 6.48. The van der Waals surface area contributed by atoms with Gasteiger partial charge in [0, 0.05) is 18.2 Å². The van der Waals surface area contributed by atoms with Crippen LogP contribution in [-0.4, -0.2) is 18.0 Å². The lowest BCUT2D eigenvalue weighted by Crippen LogP contribution is -2.47. The molecule has 3 nitrogen and oxygen atoms in total. The van der Waals surface area contributed by atoms with Gasteiger partial charge in [0.25, 0.3) is 0 Å². The van der Waals surface area contributed by atoms with Gasteiger partial charge in [-0.15, -0.1) is 0 Å². The van der Waals surface area contributed by atoms with Gasteiger partial charge in [-0.05, 0) is 36.8 Å². The molecule has 2 aliphatic rings. The van der Waals surface area contributed by atoms with Crippen LogP contribution in [0.4, 0.5) is 5.69 Å². The largest absolute Gasteiger partial charge is 0.373 e. The van der Waals surface area contributed by atoms with Crippen LogP contribution in [0.3, 0.4) is 0 Å². The van der Waals surface area contributed by atoms with E-state index in [2.05, 4.69) is 29.7 Å². The summed E-state index contributed by atoms with van der Waals surface area (Å²) >= 11 is 0. The smallest absolute Gasteiger partial charge is 0.243 e. The molecule has 1 aromatic rings. The maximum atomic E-state index is 12.6. The molecule has 1 saturated carbocycles. The molecule has 2 N–H and O–H groups in total. The molecule has 1 fully saturated rings. The number of amides is 1. The monoisotopic (exact) mass is 286 g/mol. The summed E-state index contributed by atoms with van der Waals surface area (Å²) in [6, 6.07) is 8.47. The Morgan fingerprint density at radius 3 is 2.76 bits per heavy atom. The Labute approximate surface area is 127 Å². The summed E-state index contributed by atoms with van der Waals surface area (Å²) in [7, 11) is 0. The van der Waals surface area contributed by atoms with Gasteiger partial charge in [-0.1, -0.05) is 44.4 Å². The summed E-state index contributed by atoms with van der Waals surface area (Å²) in [6.07, 6.45) is 8.40. The fourth-order valence-corrected chi connectivity index (χ4v) is 3.83. The van der Waals surface area contributed by atoms with Crippen LogP contribution in [0.5, 0.6) is 0 Å². The first-order valence-electron chi connectivity index (χ1n) is 8.42. The van der Waals surface area contributed by atoms with Gasteiger partial charge in [-0.3, -0.25) is 4.79 Å². The molecular formula is C18H26N2O. The average Bonchev–Trinajstić information content (AvgIpc) is 2.97. The van der Waals surface area contributed by atoms with Gasteiger partial charge in [0.2, 0.25) is 5.91 Å². The Morgan fingerprint density at radius 2 is 2.05 bits per heavy atom. The molecule has 1 aromatic carbocycles. The fraction of sp³-hybridized carbons (Fsp3) is 0.611. The molecule has 114 valence electrons. The van der Waals surface area contributed by atoms with Crippen molar-refractivity contribution in [1.29, 1.82) is 0 Å². The van der Waals surface area contributed by atoms with E-state index in [1.165, 1.54) is 37.7 Å². The maximum Gasteiger partial charge on any atom is 0.243 e. The van der Waals surface area contributed by atoms with Crippen molar-refractivity contribution in [2.75, 3.05) is 5.32 Å². The zero-order valence-corrected chi connectivity index (χ0v) is 12.9. The Morgan fingerprint density at radius 1 is 1.29 bits per heavy atom. The zero-order valence-electron chi connectivity index (χ0n) is 12.9. The van der Waals surface area contributed by atoms with Crippen molar-refractivity contribution in [2.24, 2.45) is 5.92 Å². The number of carbonyl (C=O) groups excluding carboxylic acids is 1. The Bertz CT molecular complexity index is 469. The molecular weight excluding hydrogens is 260 g/mol. The number of hydrogen-bond donors (Lipinski definition) is 2. The van der Waals surface area contributed by atoms with E-state index in [-0.39, 0.29) is 11.9 Å². The third kappa shape index (κ3) is 3.22. The van der Waals surface area contributed by atoms with Gasteiger partial charge < -0.3 is 10.6 Å². The standard InChI is InChI=1S/C18H26N2O/c1-2-15(13-8-4-3-5-9-13)20-18(21)17-12-14-10-6-7-11-16(14)19-17/h6-7,10-11,13,15,17,19H,2-5,8-9,12H2,1H3,(H,20,21)/t15?,17-/m0/s1. The lowest BCUT2D eigenvalue weighted by Gasteiger charge is -2.31. The van der Waals surface area contributed by atoms with E-state index >= 15 is 0 Å². The van der Waals surface area contributed by atoms with E-state index in [4.69, 9.17) is 0 Å². The Balaban J connectivity index is 1.58. The number of fused-ring (bicyclic) bond motifs is 1. The first-order chi connectivity index (χ1) is 10.3. The van der Waals surface area contributed by atoms with Crippen molar-refractivity contribution >= 4 is 11.6 Å². The second-order valence-corrected chi connectivity index (χ2v) is 6.48. The number of para-hydroxylation sites is 1. The molecule has 0 bridgehead atoms. The fourth-order valence-electron chi connectivity index (χ4n) is 3.83. The molecule has 3 heteroatoms. The first-order valence-corrected chi connectivity index (χ1v) is 8.42. The van der Waals surface area contributed by atoms with E-state index in [0.717, 1.165) is 18.5 Å². The molecule has 1 heterocycles. The summed E-state index contributed by atoms with van der Waals surface area (Å²) in [5, 5.41) is 6.67. The summed E-state index contributed by atoms with van der Waals surface area (Å²) in [5.74, 6) is 0.847. The van der Waals surface area contributed by atoms with Gasteiger partial charge >= 0.3 is 0 Å². The Kier molecular flexibility index (Phi) is 4.47. The zero-order chi connectivity index (χ0) is 14.7. The van der Waals surface area contributed by atoms with Crippen molar-refractivity contribution in [3.8, 4) is 0 Å². The quantitative estimate of drug-likeness (QED) is 0.889. The first kappa shape index (κ1) is 14.4. The van der Waals surface area contributed by atoms with Crippen molar-refractivity contribution in [3.63, 3.8) is 0 Å². The SMILES string of the molecule is CCC(NC(=O)[C@@H]1Cc2ccccc2N1)C1CCCCC1. The molecule has 0 saturated heterocycles. The van der Waals surface area contributed by atoms with E-state index in [1.54, 1.807) is 0 Å². The molecule has 1 aliphatic heterocycles. The highest BCUT2D eigenvalue weighted by molar-refractivity contribution is 5.87. The third-order valence-corrected chi connectivity index (χ3v) is 5.07. The predicted octanol–water partition coefficient (Wildman–Crippen LogP) is 3.50. The average molecular weight is 286 g/mol. The number of nitrogens with one attached hydrogen (secondary N) is 2. The van der Waals surface area contributed by atoms with Crippen molar-refractivity contribution in [2.45, 2.75) is 64.0 Å². The van der Waals surface area contributed by atoms with Crippen LogP contribution in [0.2, 0.25) is 0 Å². The van der Waals surface area contributed by atoms with Crippen molar-refractivity contribution < 1.29 is 4.79 Å². The number of benzene rings is 1. The highest BCUT2D eigenvalue weighted by Crippen LogP contribution is 2.29. The van der Waals surface area contributed by atoms with Crippen molar-refractivity contribution in [3.05, 3.63) is 29.8 Å². The van der Waals surface area contributed by atoms with E-state index < -0.39 is 0 Å². The van der Waals surface area contributed by atoms with Crippen LogP contribution in [0, 0.1) is 5.92 Å². The molecule has 2 atom stereocenters. The minimum Gasteiger partial charge on any atom is -0.373 e. The van der Waals surface area contributed by atoms with Gasteiger partial charge in [0.05, 0.1) is 0 Å². The number of anilines is 1. The van der Waals surface area contributed by atoms with Crippen LogP contribution in [0.25, 0.3) is 0 Å². The van der Waals surface area contributed by atoms with Crippen LogP contribution < -0.4 is 10.6 Å². The van der Waals surface area contributed by atoms with Gasteiger partial charge in [0.1, 0.15) is 6.04 Å². The minimum absolute atomic E-state index is 0.0972. The summed E-state index contributed by atoms with van der Waals surface area (Å²) in [5.41, 5.74) is 2.37. The van der Waals surface area contributed by atoms with E-state index in [1.807, 2.05) is 12.1 Å². The van der Waals surface area contributed by atoms with Gasteiger partial charge in [0.15, 0.2) is 0 Å². The van der Waals surface area contributed by atoms with Gasteiger partial charge in [-0.25, -0.2) is 0 Å². The lowest BCUT2D eigenvalue weighted by atomic mass is 9.83.